The number of hydrogen-bond acceptors (Lipinski definition) is 5. The van der Waals surface area contributed by atoms with Crippen LogP contribution in [0.3, 0.4) is 0 Å². The molecule has 3 rings (SSSR count). The number of nitrogens with zero attached hydrogens (tertiary/aromatic N) is 2. The molecule has 1 heterocycles. The standard InChI is InChI=1S/C23H24N2O5/c1-2-3-4-10-15-24-20(17-13-8-9-14-18(17)25(29)30)19(22(27)23(24)28)21(26)16-11-6-5-7-12-16/h5-9,11-14,20,26H,2-4,10,15H2,1H3/b21-19-. The summed E-state index contributed by atoms with van der Waals surface area (Å²) in [5.41, 5.74) is 0.289. The van der Waals surface area contributed by atoms with Crippen molar-refractivity contribution in [3.8, 4) is 0 Å². The minimum absolute atomic E-state index is 0.115. The van der Waals surface area contributed by atoms with Crippen molar-refractivity contribution in [2.75, 3.05) is 6.54 Å². The number of para-hydroxylation sites is 1. The number of carbonyl (C=O) groups excluding carboxylic acids is 2. The lowest BCUT2D eigenvalue weighted by Crippen LogP contribution is -2.31. The summed E-state index contributed by atoms with van der Waals surface area (Å²) in [5.74, 6) is -1.89. The molecule has 1 saturated heterocycles. The Morgan fingerprint density at radius 3 is 2.37 bits per heavy atom. The maximum atomic E-state index is 12.9. The van der Waals surface area contributed by atoms with Gasteiger partial charge in [0.05, 0.1) is 22.1 Å². The Morgan fingerprint density at radius 2 is 1.70 bits per heavy atom. The largest absolute Gasteiger partial charge is 0.507 e. The van der Waals surface area contributed by atoms with Gasteiger partial charge in [-0.3, -0.25) is 19.7 Å². The highest BCUT2D eigenvalue weighted by Gasteiger charge is 2.47. The first-order valence-electron chi connectivity index (χ1n) is 10.0. The molecule has 1 aliphatic rings. The van der Waals surface area contributed by atoms with Gasteiger partial charge in [0.2, 0.25) is 0 Å². The summed E-state index contributed by atoms with van der Waals surface area (Å²) in [7, 11) is 0. The number of nitro benzene ring substituents is 1. The molecule has 30 heavy (non-hydrogen) atoms. The summed E-state index contributed by atoms with van der Waals surface area (Å²) < 4.78 is 0. The molecular weight excluding hydrogens is 384 g/mol. The number of ketones is 1. The fourth-order valence-electron chi connectivity index (χ4n) is 3.78. The van der Waals surface area contributed by atoms with Gasteiger partial charge in [-0.2, -0.15) is 0 Å². The molecule has 1 unspecified atom stereocenters. The van der Waals surface area contributed by atoms with Crippen LogP contribution in [0.1, 0.15) is 49.8 Å². The van der Waals surface area contributed by atoms with E-state index in [1.807, 2.05) is 0 Å². The Labute approximate surface area is 174 Å². The number of amides is 1. The highest BCUT2D eigenvalue weighted by molar-refractivity contribution is 6.46. The second kappa shape index (κ2) is 9.35. The van der Waals surface area contributed by atoms with Crippen LogP contribution in [0.2, 0.25) is 0 Å². The van der Waals surface area contributed by atoms with E-state index in [9.17, 15) is 24.8 Å². The van der Waals surface area contributed by atoms with Crippen molar-refractivity contribution in [1.29, 1.82) is 0 Å². The van der Waals surface area contributed by atoms with E-state index in [0.29, 0.717) is 12.0 Å². The van der Waals surface area contributed by atoms with Gasteiger partial charge in [-0.05, 0) is 12.5 Å². The summed E-state index contributed by atoms with van der Waals surface area (Å²) in [6.45, 7) is 2.35. The van der Waals surface area contributed by atoms with Gasteiger partial charge in [0.1, 0.15) is 5.76 Å². The number of benzene rings is 2. The molecule has 0 bridgehead atoms. The molecular formula is C23H24N2O5. The van der Waals surface area contributed by atoms with Gasteiger partial charge in [0.25, 0.3) is 17.4 Å². The molecule has 0 aliphatic carbocycles. The molecule has 0 saturated carbocycles. The van der Waals surface area contributed by atoms with Gasteiger partial charge in [-0.25, -0.2) is 0 Å². The van der Waals surface area contributed by atoms with Gasteiger partial charge < -0.3 is 10.0 Å². The number of Topliss-reactive ketones (excluding diaryl/α,β-unsaturated/α-hetero) is 1. The molecule has 1 amide bonds. The van der Waals surface area contributed by atoms with Crippen LogP contribution in [0.15, 0.2) is 60.2 Å². The molecule has 0 spiro atoms. The van der Waals surface area contributed by atoms with Gasteiger partial charge in [0.15, 0.2) is 0 Å². The van der Waals surface area contributed by atoms with Crippen molar-refractivity contribution in [1.82, 2.24) is 4.90 Å². The van der Waals surface area contributed by atoms with Gasteiger partial charge in [-0.15, -0.1) is 0 Å². The van der Waals surface area contributed by atoms with E-state index in [-0.39, 0.29) is 29.1 Å². The average Bonchev–Trinajstić information content (AvgIpc) is 3.01. The number of likely N-dealkylation sites (tertiary alicyclic amines) is 1. The summed E-state index contributed by atoms with van der Waals surface area (Å²) in [5, 5.41) is 22.5. The molecule has 2 aromatic carbocycles. The first kappa shape index (κ1) is 21.2. The maximum absolute atomic E-state index is 12.9. The summed E-state index contributed by atoms with van der Waals surface area (Å²) in [6, 6.07) is 13.5. The Bertz CT molecular complexity index is 984. The second-order valence-electron chi connectivity index (χ2n) is 7.24. The minimum Gasteiger partial charge on any atom is -0.507 e. The van der Waals surface area contributed by atoms with Crippen LogP contribution in [0.25, 0.3) is 5.76 Å². The smallest absolute Gasteiger partial charge is 0.295 e. The Hall–Kier alpha value is -3.48. The molecule has 1 N–H and O–H groups in total. The van der Waals surface area contributed by atoms with Crippen LogP contribution >= 0.6 is 0 Å². The van der Waals surface area contributed by atoms with Crippen LogP contribution in [-0.4, -0.2) is 33.2 Å². The fraction of sp³-hybridized carbons (Fsp3) is 0.304. The Balaban J connectivity index is 2.14. The van der Waals surface area contributed by atoms with Crippen molar-refractivity contribution in [2.24, 2.45) is 0 Å². The topological polar surface area (TPSA) is 101 Å². The number of nitro groups is 1. The number of aliphatic hydroxyl groups is 1. The van der Waals surface area contributed by atoms with Crippen molar-refractivity contribution < 1.29 is 19.6 Å². The molecule has 0 aromatic heterocycles. The maximum Gasteiger partial charge on any atom is 0.295 e. The lowest BCUT2D eigenvalue weighted by molar-refractivity contribution is -0.385. The first-order valence-corrected chi connectivity index (χ1v) is 10.0. The highest BCUT2D eigenvalue weighted by atomic mass is 16.6. The van der Waals surface area contributed by atoms with E-state index in [1.54, 1.807) is 36.4 Å². The first-order chi connectivity index (χ1) is 14.5. The van der Waals surface area contributed by atoms with Crippen LogP contribution in [0, 0.1) is 10.1 Å². The Morgan fingerprint density at radius 1 is 1.03 bits per heavy atom. The third kappa shape index (κ3) is 4.10. The van der Waals surface area contributed by atoms with E-state index in [0.717, 1.165) is 19.3 Å². The van der Waals surface area contributed by atoms with E-state index in [2.05, 4.69) is 6.92 Å². The molecule has 7 nitrogen and oxygen atoms in total. The predicted molar refractivity (Wildman–Crippen MR) is 113 cm³/mol. The third-order valence-electron chi connectivity index (χ3n) is 5.27. The van der Waals surface area contributed by atoms with E-state index in [1.165, 1.54) is 23.1 Å². The van der Waals surface area contributed by atoms with Gasteiger partial charge >= 0.3 is 0 Å². The Kier molecular flexibility index (Phi) is 6.61. The zero-order valence-electron chi connectivity index (χ0n) is 16.8. The van der Waals surface area contributed by atoms with Crippen LogP contribution < -0.4 is 0 Å². The lowest BCUT2D eigenvalue weighted by Gasteiger charge is -2.25. The van der Waals surface area contributed by atoms with Crippen LogP contribution in [0.4, 0.5) is 5.69 Å². The lowest BCUT2D eigenvalue weighted by atomic mass is 9.94. The van der Waals surface area contributed by atoms with E-state index >= 15 is 0 Å². The normalized spacial score (nSPS) is 18.0. The van der Waals surface area contributed by atoms with Crippen molar-refractivity contribution >= 4 is 23.1 Å². The minimum atomic E-state index is -1.01. The van der Waals surface area contributed by atoms with E-state index < -0.39 is 22.7 Å². The molecule has 1 fully saturated rings. The van der Waals surface area contributed by atoms with Gasteiger partial charge in [-0.1, -0.05) is 68.7 Å². The number of aliphatic hydroxyl groups excluding tert-OH is 1. The zero-order valence-corrected chi connectivity index (χ0v) is 16.8. The second-order valence-corrected chi connectivity index (χ2v) is 7.24. The van der Waals surface area contributed by atoms with Crippen molar-refractivity contribution in [2.45, 2.75) is 38.6 Å². The molecule has 156 valence electrons. The summed E-state index contributed by atoms with van der Waals surface area (Å²) >= 11 is 0. The predicted octanol–water partition coefficient (Wildman–Crippen LogP) is 4.60. The molecule has 2 aromatic rings. The number of rotatable bonds is 8. The molecule has 7 heteroatoms. The van der Waals surface area contributed by atoms with Gasteiger partial charge in [0, 0.05) is 18.2 Å². The highest BCUT2D eigenvalue weighted by Crippen LogP contribution is 2.42. The number of unbranched alkanes of at least 4 members (excludes halogenated alkanes) is 3. The monoisotopic (exact) mass is 408 g/mol. The van der Waals surface area contributed by atoms with E-state index in [4.69, 9.17) is 0 Å². The number of hydrogen-bond donors (Lipinski definition) is 1. The third-order valence-corrected chi connectivity index (χ3v) is 5.27. The van der Waals surface area contributed by atoms with Crippen molar-refractivity contribution in [3.05, 3.63) is 81.4 Å². The SMILES string of the molecule is CCCCCCN1C(=O)C(=O)/C(=C(\O)c2ccccc2)C1c1ccccc1[N+](=O)[O-]. The summed E-state index contributed by atoms with van der Waals surface area (Å²) in [4.78, 5) is 38.2. The summed E-state index contributed by atoms with van der Waals surface area (Å²) in [6.07, 6.45) is 3.55. The van der Waals surface area contributed by atoms with Crippen molar-refractivity contribution in [3.63, 3.8) is 0 Å². The quantitative estimate of drug-likeness (QED) is 0.172. The zero-order chi connectivity index (χ0) is 21.7. The molecule has 1 aliphatic heterocycles. The molecule has 1 atom stereocenters. The van der Waals surface area contributed by atoms with Crippen LogP contribution in [0.5, 0.6) is 0 Å². The number of carbonyl (C=O) groups is 2. The fourth-order valence-corrected chi connectivity index (χ4v) is 3.78. The molecule has 0 radical (unpaired) electrons. The van der Waals surface area contributed by atoms with Crippen LogP contribution in [-0.2, 0) is 9.59 Å². The average molecular weight is 408 g/mol.